The normalized spacial score (nSPS) is 12.0. The van der Waals surface area contributed by atoms with Crippen molar-refractivity contribution in [1.29, 1.82) is 0 Å². The third kappa shape index (κ3) is 7.80. The van der Waals surface area contributed by atoms with E-state index in [0.717, 1.165) is 20.3 Å². The van der Waals surface area contributed by atoms with Crippen molar-refractivity contribution in [3.8, 4) is 10.6 Å². The minimum Gasteiger partial charge on any atom is -0.321 e. The van der Waals surface area contributed by atoms with Gasteiger partial charge in [-0.15, -0.1) is 45.8 Å². The minimum absolute atomic E-state index is 0.123. The highest BCUT2D eigenvalue weighted by Crippen LogP contribution is 2.30. The van der Waals surface area contributed by atoms with Crippen LogP contribution in [0.25, 0.3) is 16.6 Å². The van der Waals surface area contributed by atoms with Crippen LogP contribution in [0.3, 0.4) is 0 Å². The van der Waals surface area contributed by atoms with Crippen molar-refractivity contribution >= 4 is 80.4 Å². The van der Waals surface area contributed by atoms with Gasteiger partial charge in [-0.2, -0.15) is 0 Å². The standard InChI is InChI=1S/C30H24N4O3S4/c1-19(27(35)34-30-33-25(18-40-30)26-13-7-15-39-26)41-23-11-5-10-21(16-23)31-29(37)24(17-22-12-6-14-38-22)32-28(36)20-8-3-2-4-9-20/h2-19H,1H3,(H,31,37)(H,32,36)(H,33,34,35)/b24-17-. The van der Waals surface area contributed by atoms with Crippen molar-refractivity contribution in [2.75, 3.05) is 10.6 Å². The quantitative estimate of drug-likeness (QED) is 0.112. The summed E-state index contributed by atoms with van der Waals surface area (Å²) in [7, 11) is 0. The topological polar surface area (TPSA) is 100 Å². The maximum Gasteiger partial charge on any atom is 0.272 e. The van der Waals surface area contributed by atoms with Gasteiger partial charge in [0.05, 0.1) is 15.8 Å². The minimum atomic E-state index is -0.457. The van der Waals surface area contributed by atoms with Crippen LogP contribution in [0.1, 0.15) is 22.2 Å². The van der Waals surface area contributed by atoms with Gasteiger partial charge in [-0.05, 0) is 66.2 Å². The second-order valence-electron chi connectivity index (χ2n) is 8.64. The Labute approximate surface area is 253 Å². The van der Waals surface area contributed by atoms with Crippen molar-refractivity contribution in [2.24, 2.45) is 0 Å². The van der Waals surface area contributed by atoms with Crippen LogP contribution in [0.4, 0.5) is 10.8 Å². The predicted molar refractivity (Wildman–Crippen MR) is 171 cm³/mol. The molecule has 5 aromatic rings. The average molecular weight is 617 g/mol. The number of nitrogens with zero attached hydrogens (tertiary/aromatic N) is 1. The number of thiazole rings is 1. The Bertz CT molecular complexity index is 1660. The number of hydrogen-bond donors (Lipinski definition) is 3. The van der Waals surface area contributed by atoms with E-state index in [-0.39, 0.29) is 17.5 Å². The number of carbonyl (C=O) groups excluding carboxylic acids is 3. The smallest absolute Gasteiger partial charge is 0.272 e. The first-order chi connectivity index (χ1) is 19.9. The maximum absolute atomic E-state index is 13.3. The largest absolute Gasteiger partial charge is 0.321 e. The second-order valence-corrected chi connectivity index (χ2v) is 12.8. The molecule has 1 atom stereocenters. The van der Waals surface area contributed by atoms with Crippen molar-refractivity contribution in [3.05, 3.63) is 111 Å². The van der Waals surface area contributed by atoms with Crippen LogP contribution in [-0.4, -0.2) is 28.0 Å². The third-order valence-corrected chi connectivity index (χ3v) is 9.20. The van der Waals surface area contributed by atoms with E-state index in [1.54, 1.807) is 53.8 Å². The molecule has 3 heterocycles. The van der Waals surface area contributed by atoms with Gasteiger partial charge >= 0.3 is 0 Å². The zero-order valence-electron chi connectivity index (χ0n) is 21.7. The van der Waals surface area contributed by atoms with Gasteiger partial charge in [0, 0.05) is 26.4 Å². The SMILES string of the molecule is CC(Sc1cccc(NC(=O)/C(=C/c2cccs2)NC(=O)c2ccccc2)c1)C(=O)Nc1nc(-c2cccs2)cs1. The number of aromatic nitrogens is 1. The summed E-state index contributed by atoms with van der Waals surface area (Å²) in [5, 5.41) is 14.5. The fourth-order valence-corrected chi connectivity index (χ4v) is 6.69. The summed E-state index contributed by atoms with van der Waals surface area (Å²) < 4.78 is 0. The molecule has 206 valence electrons. The highest BCUT2D eigenvalue weighted by atomic mass is 32.2. The van der Waals surface area contributed by atoms with Crippen LogP contribution in [0.2, 0.25) is 0 Å². The van der Waals surface area contributed by atoms with Crippen molar-refractivity contribution in [1.82, 2.24) is 10.3 Å². The highest BCUT2D eigenvalue weighted by molar-refractivity contribution is 8.00. The van der Waals surface area contributed by atoms with E-state index in [1.165, 1.54) is 34.4 Å². The van der Waals surface area contributed by atoms with E-state index in [9.17, 15) is 14.4 Å². The van der Waals surface area contributed by atoms with Gasteiger partial charge in [0.2, 0.25) is 5.91 Å². The molecule has 1 unspecified atom stereocenters. The molecule has 0 aliphatic carbocycles. The van der Waals surface area contributed by atoms with Gasteiger partial charge < -0.3 is 16.0 Å². The summed E-state index contributed by atoms with van der Waals surface area (Å²) in [6.45, 7) is 1.82. The van der Waals surface area contributed by atoms with Gasteiger partial charge in [-0.25, -0.2) is 4.98 Å². The van der Waals surface area contributed by atoms with E-state index >= 15 is 0 Å². The molecular formula is C30H24N4O3S4. The van der Waals surface area contributed by atoms with Crippen molar-refractivity contribution < 1.29 is 14.4 Å². The number of rotatable bonds is 10. The Balaban J connectivity index is 1.23. The van der Waals surface area contributed by atoms with E-state index in [4.69, 9.17) is 0 Å². The first-order valence-electron chi connectivity index (χ1n) is 12.4. The number of hydrogen-bond acceptors (Lipinski definition) is 8. The zero-order chi connectivity index (χ0) is 28.6. The van der Waals surface area contributed by atoms with Crippen molar-refractivity contribution in [3.63, 3.8) is 0 Å². The summed E-state index contributed by atoms with van der Waals surface area (Å²) >= 11 is 5.82. The third-order valence-electron chi connectivity index (χ3n) is 5.64. The molecule has 0 spiro atoms. The van der Waals surface area contributed by atoms with E-state index in [0.29, 0.717) is 16.4 Å². The molecule has 0 fully saturated rings. The number of carbonyl (C=O) groups is 3. The second kappa shape index (κ2) is 13.6. The van der Waals surface area contributed by atoms with Gasteiger partial charge in [0.25, 0.3) is 11.8 Å². The van der Waals surface area contributed by atoms with Crippen LogP contribution in [0.5, 0.6) is 0 Å². The first-order valence-corrected chi connectivity index (χ1v) is 16.0. The summed E-state index contributed by atoms with van der Waals surface area (Å²) in [6.07, 6.45) is 1.65. The Hall–Kier alpha value is -4.03. The van der Waals surface area contributed by atoms with Crippen LogP contribution in [0, 0.1) is 0 Å². The Morgan fingerprint density at radius 2 is 1.68 bits per heavy atom. The van der Waals surface area contributed by atoms with E-state index in [1.807, 2.05) is 65.5 Å². The number of nitrogens with one attached hydrogen (secondary N) is 3. The molecule has 2 aromatic carbocycles. The lowest BCUT2D eigenvalue weighted by Crippen LogP contribution is -2.30. The zero-order valence-corrected chi connectivity index (χ0v) is 25.0. The molecule has 3 amide bonds. The summed E-state index contributed by atoms with van der Waals surface area (Å²) in [5.41, 5.74) is 1.96. The van der Waals surface area contributed by atoms with Gasteiger partial charge in [-0.3, -0.25) is 14.4 Å². The lowest BCUT2D eigenvalue weighted by atomic mass is 10.2. The summed E-state index contributed by atoms with van der Waals surface area (Å²) in [4.78, 5) is 46.1. The first kappa shape index (κ1) is 28.5. The maximum atomic E-state index is 13.3. The van der Waals surface area contributed by atoms with Crippen LogP contribution < -0.4 is 16.0 Å². The lowest BCUT2D eigenvalue weighted by Gasteiger charge is -2.13. The van der Waals surface area contributed by atoms with Gasteiger partial charge in [0.15, 0.2) is 5.13 Å². The Morgan fingerprint density at radius 3 is 2.44 bits per heavy atom. The Morgan fingerprint density at radius 1 is 0.878 bits per heavy atom. The molecule has 41 heavy (non-hydrogen) atoms. The number of thiophene rings is 2. The predicted octanol–water partition coefficient (Wildman–Crippen LogP) is 7.46. The molecule has 0 bridgehead atoms. The number of thioether (sulfide) groups is 1. The van der Waals surface area contributed by atoms with Crippen LogP contribution in [0.15, 0.2) is 106 Å². The number of anilines is 2. The molecule has 0 aliphatic heterocycles. The Kier molecular flexibility index (Phi) is 9.42. The average Bonchev–Trinajstić information content (AvgIpc) is 3.77. The van der Waals surface area contributed by atoms with E-state index in [2.05, 4.69) is 20.9 Å². The fraction of sp³-hybridized carbons (Fsp3) is 0.0667. The molecule has 0 aliphatic rings. The lowest BCUT2D eigenvalue weighted by molar-refractivity contribution is -0.115. The molecule has 0 radical (unpaired) electrons. The molecular weight excluding hydrogens is 593 g/mol. The fourth-order valence-electron chi connectivity index (χ4n) is 3.64. The molecule has 7 nitrogen and oxygen atoms in total. The highest BCUT2D eigenvalue weighted by Gasteiger charge is 2.18. The monoisotopic (exact) mass is 616 g/mol. The molecule has 11 heteroatoms. The molecule has 3 aromatic heterocycles. The molecule has 0 saturated heterocycles. The number of benzene rings is 2. The van der Waals surface area contributed by atoms with E-state index < -0.39 is 11.2 Å². The van der Waals surface area contributed by atoms with Crippen molar-refractivity contribution in [2.45, 2.75) is 17.1 Å². The van der Waals surface area contributed by atoms with Crippen LogP contribution in [-0.2, 0) is 9.59 Å². The molecule has 3 N–H and O–H groups in total. The number of amides is 3. The molecule has 0 saturated carbocycles. The summed E-state index contributed by atoms with van der Waals surface area (Å²) in [5.74, 6) is -1.00. The van der Waals surface area contributed by atoms with Gasteiger partial charge in [0.1, 0.15) is 5.70 Å². The van der Waals surface area contributed by atoms with Gasteiger partial charge in [-0.1, -0.05) is 36.4 Å². The van der Waals surface area contributed by atoms with Crippen LogP contribution >= 0.6 is 45.8 Å². The molecule has 5 rings (SSSR count). The summed E-state index contributed by atoms with van der Waals surface area (Å²) in [6, 6.07) is 23.7.